The average molecular weight is 342 g/mol. The summed E-state index contributed by atoms with van der Waals surface area (Å²) in [5.41, 5.74) is 1.56. The van der Waals surface area contributed by atoms with Crippen LogP contribution in [0.5, 0.6) is 0 Å². The zero-order chi connectivity index (χ0) is 16.5. The fraction of sp³-hybridized carbons (Fsp3) is 0.214. The van der Waals surface area contributed by atoms with Gasteiger partial charge < -0.3 is 9.88 Å². The first-order valence-corrected chi connectivity index (χ1v) is 8.28. The number of amides is 1. The van der Waals surface area contributed by atoms with Gasteiger partial charge in [0.2, 0.25) is 10.0 Å². The molecule has 0 spiro atoms. The molecule has 0 fully saturated rings. The summed E-state index contributed by atoms with van der Waals surface area (Å²) < 4.78 is 27.2. The molecule has 0 saturated carbocycles. The third-order valence-electron chi connectivity index (χ3n) is 3.31. The van der Waals surface area contributed by atoms with E-state index in [4.69, 9.17) is 11.6 Å². The maximum Gasteiger partial charge on any atom is 0.272 e. The number of rotatable bonds is 4. The first kappa shape index (κ1) is 16.5. The largest absolute Gasteiger partial charge is 0.345 e. The monoisotopic (exact) mass is 341 g/mol. The number of hydrogen-bond acceptors (Lipinski definition) is 3. The van der Waals surface area contributed by atoms with Crippen molar-refractivity contribution in [3.63, 3.8) is 0 Å². The predicted octanol–water partition coefficient (Wildman–Crippen LogP) is 2.15. The van der Waals surface area contributed by atoms with Crippen LogP contribution in [0.25, 0.3) is 0 Å². The van der Waals surface area contributed by atoms with E-state index in [0.717, 1.165) is 5.56 Å². The molecule has 1 amide bonds. The van der Waals surface area contributed by atoms with Crippen LogP contribution in [-0.4, -0.2) is 25.9 Å². The van der Waals surface area contributed by atoms with Crippen LogP contribution in [0.1, 0.15) is 16.1 Å². The number of sulfonamides is 1. The second kappa shape index (κ2) is 6.12. The molecule has 22 heavy (non-hydrogen) atoms. The summed E-state index contributed by atoms with van der Waals surface area (Å²) in [6.07, 6.45) is 1.38. The number of aryl methyl sites for hydroxylation is 1. The minimum atomic E-state index is -3.59. The molecule has 2 aromatic rings. The molecule has 0 radical (unpaired) electrons. The highest BCUT2D eigenvalue weighted by molar-refractivity contribution is 7.89. The van der Waals surface area contributed by atoms with Gasteiger partial charge in [0, 0.05) is 24.0 Å². The molecule has 1 heterocycles. The summed E-state index contributed by atoms with van der Waals surface area (Å²) in [6, 6.07) is 6.51. The molecule has 0 aliphatic heterocycles. The molecule has 0 saturated heterocycles. The molecule has 8 heteroatoms. The Kier molecular flexibility index (Phi) is 4.60. The zero-order valence-electron chi connectivity index (χ0n) is 12.3. The Balaban J connectivity index is 2.33. The van der Waals surface area contributed by atoms with Gasteiger partial charge >= 0.3 is 0 Å². The minimum Gasteiger partial charge on any atom is -0.345 e. The van der Waals surface area contributed by atoms with Gasteiger partial charge in [0.25, 0.3) is 5.91 Å². The van der Waals surface area contributed by atoms with Crippen molar-refractivity contribution >= 4 is 33.2 Å². The van der Waals surface area contributed by atoms with Gasteiger partial charge in [-0.05, 0) is 37.7 Å². The Morgan fingerprint density at radius 3 is 2.64 bits per heavy atom. The molecule has 6 nitrogen and oxygen atoms in total. The Bertz CT molecular complexity index is 828. The quantitative estimate of drug-likeness (QED) is 0.894. The Labute approximate surface area is 134 Å². The SMILES string of the molecule is CNS(=O)(=O)c1cc(C(=O)Nc2cccc(Cl)c2C)n(C)c1. The fourth-order valence-corrected chi connectivity index (χ4v) is 2.93. The van der Waals surface area contributed by atoms with E-state index in [-0.39, 0.29) is 10.6 Å². The van der Waals surface area contributed by atoms with Crippen LogP contribution in [0, 0.1) is 6.92 Å². The van der Waals surface area contributed by atoms with Crippen molar-refractivity contribution in [2.45, 2.75) is 11.8 Å². The molecule has 0 bridgehead atoms. The molecular weight excluding hydrogens is 326 g/mol. The Hall–Kier alpha value is -1.83. The van der Waals surface area contributed by atoms with E-state index in [0.29, 0.717) is 10.7 Å². The highest BCUT2D eigenvalue weighted by Gasteiger charge is 2.19. The van der Waals surface area contributed by atoms with Gasteiger partial charge in [0.15, 0.2) is 0 Å². The van der Waals surface area contributed by atoms with E-state index in [1.165, 1.54) is 23.9 Å². The highest BCUT2D eigenvalue weighted by Crippen LogP contribution is 2.24. The number of nitrogens with zero attached hydrogens (tertiary/aromatic N) is 1. The van der Waals surface area contributed by atoms with Crippen molar-refractivity contribution in [2.24, 2.45) is 7.05 Å². The molecule has 2 rings (SSSR count). The van der Waals surface area contributed by atoms with E-state index in [1.54, 1.807) is 32.2 Å². The van der Waals surface area contributed by atoms with Gasteiger partial charge in [-0.15, -0.1) is 0 Å². The van der Waals surface area contributed by atoms with Crippen molar-refractivity contribution in [3.05, 3.63) is 46.7 Å². The normalized spacial score (nSPS) is 11.5. The van der Waals surface area contributed by atoms with Gasteiger partial charge in [0.05, 0.1) is 0 Å². The van der Waals surface area contributed by atoms with Crippen molar-refractivity contribution in [1.82, 2.24) is 9.29 Å². The first-order valence-electron chi connectivity index (χ1n) is 6.42. The maximum atomic E-state index is 12.3. The van der Waals surface area contributed by atoms with Crippen molar-refractivity contribution < 1.29 is 13.2 Å². The van der Waals surface area contributed by atoms with Gasteiger partial charge in [-0.1, -0.05) is 17.7 Å². The molecular formula is C14H16ClN3O3S. The van der Waals surface area contributed by atoms with E-state index in [9.17, 15) is 13.2 Å². The summed E-state index contributed by atoms with van der Waals surface area (Å²) in [5, 5.41) is 3.28. The Morgan fingerprint density at radius 1 is 1.32 bits per heavy atom. The second-order valence-corrected chi connectivity index (χ2v) is 7.04. The van der Waals surface area contributed by atoms with Crippen molar-refractivity contribution in [3.8, 4) is 0 Å². The fourth-order valence-electron chi connectivity index (χ4n) is 1.95. The number of benzene rings is 1. The molecule has 0 unspecified atom stereocenters. The zero-order valence-corrected chi connectivity index (χ0v) is 13.9. The first-order chi connectivity index (χ1) is 10.3. The molecule has 1 aromatic heterocycles. The number of aromatic nitrogens is 1. The highest BCUT2D eigenvalue weighted by atomic mass is 35.5. The molecule has 0 atom stereocenters. The summed E-state index contributed by atoms with van der Waals surface area (Å²) in [4.78, 5) is 12.4. The van der Waals surface area contributed by atoms with Crippen LogP contribution in [0.4, 0.5) is 5.69 Å². The maximum absolute atomic E-state index is 12.3. The number of nitrogens with one attached hydrogen (secondary N) is 2. The van der Waals surface area contributed by atoms with E-state index >= 15 is 0 Å². The number of carbonyl (C=O) groups is 1. The number of hydrogen-bond donors (Lipinski definition) is 2. The lowest BCUT2D eigenvalue weighted by molar-refractivity contribution is 0.101. The van der Waals surface area contributed by atoms with Gasteiger partial charge in [-0.3, -0.25) is 4.79 Å². The van der Waals surface area contributed by atoms with Gasteiger partial charge in [0.1, 0.15) is 10.6 Å². The van der Waals surface area contributed by atoms with Gasteiger partial charge in [-0.2, -0.15) is 0 Å². The predicted molar refractivity (Wildman–Crippen MR) is 85.8 cm³/mol. The molecule has 2 N–H and O–H groups in total. The van der Waals surface area contributed by atoms with E-state index < -0.39 is 15.9 Å². The number of carbonyl (C=O) groups excluding carboxylic acids is 1. The van der Waals surface area contributed by atoms with Crippen LogP contribution >= 0.6 is 11.6 Å². The lowest BCUT2D eigenvalue weighted by Crippen LogP contribution is -2.18. The van der Waals surface area contributed by atoms with Crippen LogP contribution < -0.4 is 10.0 Å². The number of halogens is 1. The molecule has 0 aliphatic rings. The topological polar surface area (TPSA) is 80.2 Å². The summed E-state index contributed by atoms with van der Waals surface area (Å²) >= 11 is 6.01. The summed E-state index contributed by atoms with van der Waals surface area (Å²) in [7, 11) is -0.671. The molecule has 1 aromatic carbocycles. The standard InChI is InChI=1S/C14H16ClN3O3S/c1-9-11(15)5-4-6-12(9)17-14(19)13-7-10(8-18(13)3)22(20,21)16-2/h4-8,16H,1-3H3,(H,17,19). The van der Waals surface area contributed by atoms with E-state index in [2.05, 4.69) is 10.0 Å². The van der Waals surface area contributed by atoms with Crippen LogP contribution in [0.15, 0.2) is 35.4 Å². The second-order valence-electron chi connectivity index (χ2n) is 4.75. The third kappa shape index (κ3) is 3.16. The Morgan fingerprint density at radius 2 is 2.00 bits per heavy atom. The number of anilines is 1. The van der Waals surface area contributed by atoms with Crippen LogP contribution in [-0.2, 0) is 17.1 Å². The lowest BCUT2D eigenvalue weighted by atomic mass is 10.2. The smallest absolute Gasteiger partial charge is 0.272 e. The molecule has 118 valence electrons. The van der Waals surface area contributed by atoms with E-state index in [1.807, 2.05) is 0 Å². The average Bonchev–Trinajstić information content (AvgIpc) is 2.87. The minimum absolute atomic E-state index is 0.0328. The van der Waals surface area contributed by atoms with Crippen molar-refractivity contribution in [1.29, 1.82) is 0 Å². The lowest BCUT2D eigenvalue weighted by Gasteiger charge is -2.09. The van der Waals surface area contributed by atoms with Crippen LogP contribution in [0.2, 0.25) is 5.02 Å². The summed E-state index contributed by atoms with van der Waals surface area (Å²) in [5.74, 6) is -0.412. The molecule has 0 aliphatic carbocycles. The van der Waals surface area contributed by atoms with Gasteiger partial charge in [-0.25, -0.2) is 13.1 Å². The van der Waals surface area contributed by atoms with Crippen LogP contribution in [0.3, 0.4) is 0 Å². The third-order valence-corrected chi connectivity index (χ3v) is 5.10. The summed E-state index contributed by atoms with van der Waals surface area (Å²) in [6.45, 7) is 1.79. The van der Waals surface area contributed by atoms with Crippen molar-refractivity contribution in [2.75, 3.05) is 12.4 Å².